The number of fused-ring (bicyclic) bond motifs is 3. The molecule has 0 amide bonds. The summed E-state index contributed by atoms with van der Waals surface area (Å²) in [5, 5.41) is 4.11. The molecule has 54 heavy (non-hydrogen) atoms. The van der Waals surface area contributed by atoms with E-state index in [4.69, 9.17) is 28.8 Å². The predicted molar refractivity (Wildman–Crippen MR) is 216 cm³/mol. The smallest absolute Gasteiger partial charge is 0.227 e. The quantitative estimate of drug-likeness (QED) is 0.161. The number of nitrogens with zero attached hydrogens (tertiary/aromatic N) is 4. The average molecular weight is 693 g/mol. The van der Waals surface area contributed by atoms with Gasteiger partial charge in [0.05, 0.1) is 0 Å². The molecule has 0 saturated heterocycles. The Bertz CT molecular complexity index is 3120. The lowest BCUT2D eigenvalue weighted by Crippen LogP contribution is -2.00. The highest BCUT2D eigenvalue weighted by Crippen LogP contribution is 2.45. The molecule has 6 nitrogen and oxygen atoms in total. The highest BCUT2D eigenvalue weighted by Gasteiger charge is 2.23. The van der Waals surface area contributed by atoms with Gasteiger partial charge in [-0.15, -0.1) is 0 Å². The molecule has 11 aromatic rings. The zero-order valence-corrected chi connectivity index (χ0v) is 28.8. The summed E-state index contributed by atoms with van der Waals surface area (Å²) < 4.78 is 13.0. The third kappa shape index (κ3) is 4.96. The monoisotopic (exact) mass is 692 g/mol. The van der Waals surface area contributed by atoms with Gasteiger partial charge in [0.2, 0.25) is 5.89 Å². The fourth-order valence-corrected chi connectivity index (χ4v) is 7.48. The summed E-state index contributed by atoms with van der Waals surface area (Å²) in [5.74, 6) is 2.45. The molecule has 3 aromatic heterocycles. The van der Waals surface area contributed by atoms with E-state index in [1.54, 1.807) is 0 Å². The van der Waals surface area contributed by atoms with Crippen LogP contribution in [0.4, 0.5) is 0 Å². The van der Waals surface area contributed by atoms with Crippen LogP contribution in [0.2, 0.25) is 0 Å². The first kappa shape index (κ1) is 30.2. The van der Waals surface area contributed by atoms with E-state index in [2.05, 4.69) is 91.0 Å². The zero-order valence-electron chi connectivity index (χ0n) is 28.8. The fraction of sp³-hybridized carbons (Fsp3) is 0. The molecular formula is C48H28N4O2. The molecule has 0 unspecified atom stereocenters. The predicted octanol–water partition coefficient (Wildman–Crippen LogP) is 12.5. The van der Waals surface area contributed by atoms with Crippen molar-refractivity contribution >= 4 is 43.8 Å². The Morgan fingerprint density at radius 3 is 1.41 bits per heavy atom. The molecule has 0 radical (unpaired) electrons. The van der Waals surface area contributed by atoms with Crippen molar-refractivity contribution in [1.29, 1.82) is 0 Å². The van der Waals surface area contributed by atoms with E-state index < -0.39 is 0 Å². The number of hydrogen-bond donors (Lipinski definition) is 0. The van der Waals surface area contributed by atoms with E-state index in [0.717, 1.165) is 88.3 Å². The van der Waals surface area contributed by atoms with Gasteiger partial charge in [-0.2, -0.15) is 0 Å². The summed E-state index contributed by atoms with van der Waals surface area (Å²) in [6.07, 6.45) is 0. The van der Waals surface area contributed by atoms with Crippen LogP contribution in [0.25, 0.3) is 112 Å². The van der Waals surface area contributed by atoms with Crippen LogP contribution in [0.5, 0.6) is 0 Å². The van der Waals surface area contributed by atoms with Gasteiger partial charge in [-0.3, -0.25) is 0 Å². The maximum atomic E-state index is 6.56. The van der Waals surface area contributed by atoms with Crippen molar-refractivity contribution in [3.8, 4) is 67.9 Å². The van der Waals surface area contributed by atoms with E-state index in [9.17, 15) is 0 Å². The Kier molecular flexibility index (Phi) is 6.75. The summed E-state index contributed by atoms with van der Waals surface area (Å²) >= 11 is 0. The van der Waals surface area contributed by atoms with Crippen molar-refractivity contribution < 1.29 is 8.83 Å². The molecule has 11 rings (SSSR count). The molecule has 8 aromatic carbocycles. The van der Waals surface area contributed by atoms with Crippen LogP contribution in [0.3, 0.4) is 0 Å². The summed E-state index contributed by atoms with van der Waals surface area (Å²) in [7, 11) is 0. The minimum Gasteiger partial charge on any atom is -0.456 e. The van der Waals surface area contributed by atoms with Crippen molar-refractivity contribution in [2.45, 2.75) is 0 Å². The molecule has 0 aliphatic carbocycles. The number of aromatic nitrogens is 4. The van der Waals surface area contributed by atoms with E-state index in [1.807, 2.05) is 78.9 Å². The minimum absolute atomic E-state index is 0.598. The molecule has 0 fully saturated rings. The highest BCUT2D eigenvalue weighted by molar-refractivity contribution is 6.31. The summed E-state index contributed by atoms with van der Waals surface area (Å²) in [4.78, 5) is 19.9. The van der Waals surface area contributed by atoms with Gasteiger partial charge in [0.15, 0.2) is 23.1 Å². The van der Waals surface area contributed by atoms with Crippen molar-refractivity contribution in [2.24, 2.45) is 0 Å². The van der Waals surface area contributed by atoms with Gasteiger partial charge in [0, 0.05) is 43.8 Å². The second-order valence-electron chi connectivity index (χ2n) is 13.4. The fourth-order valence-electron chi connectivity index (χ4n) is 7.48. The second-order valence-corrected chi connectivity index (χ2v) is 13.4. The second kappa shape index (κ2) is 12.1. The zero-order chi connectivity index (χ0) is 35.6. The lowest BCUT2D eigenvalue weighted by molar-refractivity contribution is 0.623. The van der Waals surface area contributed by atoms with Gasteiger partial charge in [-0.25, -0.2) is 19.9 Å². The third-order valence-electron chi connectivity index (χ3n) is 10.1. The SMILES string of the molecule is c1ccc(-c2ccc(-c3nc(-c4ccccc4)nc(-c4ccc(-c5cc6oc7cccc8c9nc(-c%10ccccc%10)oc9c(c5)c6c78)cc4)n3)cc2)cc1. The van der Waals surface area contributed by atoms with Crippen LogP contribution in [0.15, 0.2) is 179 Å². The number of furan rings is 1. The van der Waals surface area contributed by atoms with Gasteiger partial charge in [0.1, 0.15) is 16.7 Å². The molecule has 3 heterocycles. The van der Waals surface area contributed by atoms with Gasteiger partial charge in [0.25, 0.3) is 0 Å². The molecule has 0 saturated carbocycles. The molecule has 252 valence electrons. The lowest BCUT2D eigenvalue weighted by atomic mass is 9.96. The molecular weight excluding hydrogens is 665 g/mol. The number of hydrogen-bond acceptors (Lipinski definition) is 6. The molecule has 0 atom stereocenters. The van der Waals surface area contributed by atoms with Crippen molar-refractivity contribution in [3.05, 3.63) is 170 Å². The molecule has 0 aliphatic rings. The largest absolute Gasteiger partial charge is 0.456 e. The maximum Gasteiger partial charge on any atom is 0.227 e. The summed E-state index contributed by atoms with van der Waals surface area (Å²) in [6, 6.07) is 57.6. The molecule has 0 spiro atoms. The van der Waals surface area contributed by atoms with Crippen LogP contribution in [-0.2, 0) is 0 Å². The molecule has 0 aliphatic heterocycles. The van der Waals surface area contributed by atoms with Crippen LogP contribution >= 0.6 is 0 Å². The number of rotatable bonds is 6. The highest BCUT2D eigenvalue weighted by atomic mass is 16.3. The Morgan fingerprint density at radius 2 is 0.796 bits per heavy atom. The van der Waals surface area contributed by atoms with Crippen molar-refractivity contribution in [2.75, 3.05) is 0 Å². The number of benzene rings is 8. The van der Waals surface area contributed by atoms with E-state index in [-0.39, 0.29) is 0 Å². The van der Waals surface area contributed by atoms with E-state index in [1.165, 1.54) is 0 Å². The Labute approximate surface area is 309 Å². The van der Waals surface area contributed by atoms with Gasteiger partial charge >= 0.3 is 0 Å². The lowest BCUT2D eigenvalue weighted by Gasteiger charge is -2.10. The topological polar surface area (TPSA) is 77.8 Å². The van der Waals surface area contributed by atoms with Crippen LogP contribution in [-0.4, -0.2) is 19.9 Å². The molecule has 0 bridgehead atoms. The Hall–Kier alpha value is -7.44. The van der Waals surface area contributed by atoms with Crippen LogP contribution < -0.4 is 0 Å². The van der Waals surface area contributed by atoms with Gasteiger partial charge in [-0.05, 0) is 52.6 Å². The standard InChI is InChI=1S/C48H28N4O2/c1-4-11-29(12-5-1)30-19-23-33(24-20-30)46-50-45(32-13-6-2-7-14-32)51-47(52-46)34-25-21-31(22-26-34)36-27-38-42-40(28-36)53-39-18-10-17-37(41(39)42)43-44(38)54-48(49-43)35-15-8-3-9-16-35/h1-28H. The Morgan fingerprint density at radius 1 is 0.315 bits per heavy atom. The first-order chi connectivity index (χ1) is 26.7. The minimum atomic E-state index is 0.598. The molecule has 0 N–H and O–H groups in total. The Balaban J connectivity index is 1.02. The maximum absolute atomic E-state index is 6.56. The average Bonchev–Trinajstić information content (AvgIpc) is 3.88. The van der Waals surface area contributed by atoms with E-state index >= 15 is 0 Å². The van der Waals surface area contributed by atoms with Crippen LogP contribution in [0, 0.1) is 0 Å². The summed E-state index contributed by atoms with van der Waals surface area (Å²) in [5.41, 5.74) is 11.2. The normalized spacial score (nSPS) is 11.7. The number of oxazole rings is 1. The van der Waals surface area contributed by atoms with Crippen LogP contribution in [0.1, 0.15) is 0 Å². The van der Waals surface area contributed by atoms with Gasteiger partial charge < -0.3 is 8.83 Å². The molecule has 6 heteroatoms. The first-order valence-corrected chi connectivity index (χ1v) is 17.9. The van der Waals surface area contributed by atoms with E-state index in [0.29, 0.717) is 23.4 Å². The summed E-state index contributed by atoms with van der Waals surface area (Å²) in [6.45, 7) is 0. The van der Waals surface area contributed by atoms with Gasteiger partial charge in [-0.1, -0.05) is 140 Å². The third-order valence-corrected chi connectivity index (χ3v) is 10.1. The van der Waals surface area contributed by atoms with Crippen molar-refractivity contribution in [1.82, 2.24) is 19.9 Å². The van der Waals surface area contributed by atoms with Crippen molar-refractivity contribution in [3.63, 3.8) is 0 Å². The first-order valence-electron chi connectivity index (χ1n) is 17.9.